The third-order valence-electron chi connectivity index (χ3n) is 7.64. The average molecular weight is 306 g/mol. The first-order valence-electron chi connectivity index (χ1n) is 9.32. The molecule has 0 saturated heterocycles. The monoisotopic (exact) mass is 306 g/mol. The summed E-state index contributed by atoms with van der Waals surface area (Å²) in [5, 5.41) is 20.9. The molecule has 22 heavy (non-hydrogen) atoms. The number of rotatable bonds is 2. The lowest BCUT2D eigenvalue weighted by Gasteiger charge is -2.59. The number of aliphatic hydroxyl groups is 2. The predicted molar refractivity (Wildman–Crippen MR) is 90.4 cm³/mol. The second kappa shape index (κ2) is 5.63. The fourth-order valence-corrected chi connectivity index (χ4v) is 6.24. The lowest BCUT2D eigenvalue weighted by molar-refractivity contribution is -0.0901. The van der Waals surface area contributed by atoms with E-state index in [1.165, 1.54) is 24.8 Å². The summed E-state index contributed by atoms with van der Waals surface area (Å²) in [4.78, 5) is 0. The Morgan fingerprint density at radius 1 is 1.23 bits per heavy atom. The largest absolute Gasteiger partial charge is 0.396 e. The minimum atomic E-state index is -0.237. The highest BCUT2D eigenvalue weighted by atomic mass is 16.3. The highest BCUT2D eigenvalue weighted by Crippen LogP contribution is 2.62. The van der Waals surface area contributed by atoms with Crippen LogP contribution in [0.25, 0.3) is 0 Å². The molecule has 2 saturated carbocycles. The van der Waals surface area contributed by atoms with Gasteiger partial charge in [-0.2, -0.15) is 0 Å². The van der Waals surface area contributed by atoms with E-state index in [9.17, 15) is 10.2 Å². The van der Waals surface area contributed by atoms with Crippen LogP contribution in [0.5, 0.6) is 0 Å². The molecule has 0 aliphatic heterocycles. The van der Waals surface area contributed by atoms with E-state index in [2.05, 4.69) is 33.8 Å². The Morgan fingerprint density at radius 2 is 1.95 bits per heavy atom. The molecule has 0 unspecified atom stereocenters. The molecule has 0 amide bonds. The summed E-state index contributed by atoms with van der Waals surface area (Å²) in [5.41, 5.74) is 1.67. The van der Waals surface area contributed by atoms with E-state index in [4.69, 9.17) is 0 Å². The maximum Gasteiger partial charge on any atom is 0.0783 e. The van der Waals surface area contributed by atoms with Gasteiger partial charge in [-0.05, 0) is 72.2 Å². The molecule has 126 valence electrons. The quantitative estimate of drug-likeness (QED) is 0.752. The summed E-state index contributed by atoms with van der Waals surface area (Å²) in [6.07, 6.45) is 9.16. The van der Waals surface area contributed by atoms with Gasteiger partial charge < -0.3 is 10.2 Å². The lowest BCUT2D eigenvalue weighted by Crippen LogP contribution is -2.54. The maximum atomic E-state index is 10.9. The summed E-state index contributed by atoms with van der Waals surface area (Å²) in [6.45, 7) is 9.52. The third-order valence-corrected chi connectivity index (χ3v) is 7.64. The molecule has 2 nitrogen and oxygen atoms in total. The molecule has 0 heterocycles. The van der Waals surface area contributed by atoms with E-state index >= 15 is 0 Å². The Morgan fingerprint density at radius 3 is 2.59 bits per heavy atom. The lowest BCUT2D eigenvalue weighted by atomic mass is 9.46. The Hall–Kier alpha value is -0.340. The van der Waals surface area contributed by atoms with Crippen molar-refractivity contribution in [1.29, 1.82) is 0 Å². The zero-order valence-corrected chi connectivity index (χ0v) is 14.8. The predicted octanol–water partition coefficient (Wildman–Crippen LogP) is 4.16. The molecule has 3 aliphatic rings. The van der Waals surface area contributed by atoms with Crippen molar-refractivity contribution >= 4 is 0 Å². The maximum absolute atomic E-state index is 10.9. The van der Waals surface area contributed by atoms with Gasteiger partial charge >= 0.3 is 0 Å². The van der Waals surface area contributed by atoms with E-state index in [-0.39, 0.29) is 16.9 Å². The molecule has 0 aromatic rings. The number of allylic oxidation sites excluding steroid dienone is 1. The van der Waals surface area contributed by atoms with Crippen LogP contribution in [0, 0.1) is 34.5 Å². The minimum absolute atomic E-state index is 0.0644. The summed E-state index contributed by atoms with van der Waals surface area (Å²) < 4.78 is 0. The molecule has 0 aromatic carbocycles. The summed E-state index contributed by atoms with van der Waals surface area (Å²) in [5.74, 6) is 2.07. The van der Waals surface area contributed by atoms with E-state index in [1.807, 2.05) is 0 Å². The van der Waals surface area contributed by atoms with Crippen LogP contribution in [0.1, 0.15) is 66.2 Å². The zero-order valence-electron chi connectivity index (χ0n) is 14.8. The molecule has 2 fully saturated rings. The van der Waals surface area contributed by atoms with Crippen molar-refractivity contribution in [1.82, 2.24) is 0 Å². The topological polar surface area (TPSA) is 40.5 Å². The van der Waals surface area contributed by atoms with Crippen molar-refractivity contribution in [2.24, 2.45) is 34.5 Å². The molecular weight excluding hydrogens is 272 g/mol. The molecule has 0 spiro atoms. The van der Waals surface area contributed by atoms with Crippen LogP contribution in [0.3, 0.4) is 0 Å². The Labute approximate surface area is 136 Å². The van der Waals surface area contributed by atoms with Gasteiger partial charge in [0, 0.05) is 6.61 Å². The molecule has 0 radical (unpaired) electrons. The number of hydrogen-bond donors (Lipinski definition) is 2. The fraction of sp³-hybridized carbons (Fsp3) is 0.900. The molecule has 2 heteroatoms. The first-order chi connectivity index (χ1) is 10.3. The number of hydrogen-bond acceptors (Lipinski definition) is 2. The second-order valence-electron chi connectivity index (χ2n) is 9.15. The van der Waals surface area contributed by atoms with E-state index in [0.29, 0.717) is 30.3 Å². The first kappa shape index (κ1) is 16.5. The molecule has 3 aliphatic carbocycles. The van der Waals surface area contributed by atoms with Gasteiger partial charge in [0.25, 0.3) is 0 Å². The van der Waals surface area contributed by atoms with Crippen LogP contribution < -0.4 is 0 Å². The van der Waals surface area contributed by atoms with Crippen LogP contribution in [0.4, 0.5) is 0 Å². The highest BCUT2D eigenvalue weighted by molar-refractivity contribution is 5.26. The average Bonchev–Trinajstić information content (AvgIpc) is 2.47. The SMILES string of the molecule is CC(C)[C@@H]1CC[C@H]2C(=CC[C@H]3[C@](C)(CO)CCC[C@]23C)[C@H]1O. The van der Waals surface area contributed by atoms with Gasteiger partial charge in [-0.1, -0.05) is 40.2 Å². The van der Waals surface area contributed by atoms with E-state index < -0.39 is 0 Å². The summed E-state index contributed by atoms with van der Waals surface area (Å²) in [6, 6.07) is 0. The Kier molecular flexibility index (Phi) is 4.23. The van der Waals surface area contributed by atoms with Crippen LogP contribution in [-0.2, 0) is 0 Å². The fourth-order valence-electron chi connectivity index (χ4n) is 6.24. The molecule has 3 rings (SSSR count). The van der Waals surface area contributed by atoms with Gasteiger partial charge in [0.1, 0.15) is 0 Å². The highest BCUT2D eigenvalue weighted by Gasteiger charge is 2.56. The second-order valence-corrected chi connectivity index (χ2v) is 9.15. The minimum Gasteiger partial charge on any atom is -0.396 e. The standard InChI is InChI=1S/C20H34O2/c1-13(2)14-6-8-16-15(18(14)22)7-9-17-19(3,12-21)10-5-11-20(16,17)4/h7,13-14,16-18,21-22H,5-6,8-12H2,1-4H3/t14-,16-,17-,18-,19-,20+/m0/s1. The zero-order chi connectivity index (χ0) is 16.1. The van der Waals surface area contributed by atoms with Crippen LogP contribution >= 0.6 is 0 Å². The van der Waals surface area contributed by atoms with E-state index in [1.54, 1.807) is 0 Å². The molecule has 0 bridgehead atoms. The van der Waals surface area contributed by atoms with Gasteiger partial charge in [-0.3, -0.25) is 0 Å². The van der Waals surface area contributed by atoms with Crippen LogP contribution in [0.2, 0.25) is 0 Å². The van der Waals surface area contributed by atoms with Crippen molar-refractivity contribution in [3.63, 3.8) is 0 Å². The van der Waals surface area contributed by atoms with E-state index in [0.717, 1.165) is 19.3 Å². The van der Waals surface area contributed by atoms with Gasteiger partial charge in [0.2, 0.25) is 0 Å². The smallest absolute Gasteiger partial charge is 0.0783 e. The van der Waals surface area contributed by atoms with Crippen molar-refractivity contribution in [2.45, 2.75) is 72.3 Å². The van der Waals surface area contributed by atoms with Crippen molar-refractivity contribution in [3.05, 3.63) is 11.6 Å². The molecule has 0 aromatic heterocycles. The summed E-state index contributed by atoms with van der Waals surface area (Å²) >= 11 is 0. The van der Waals surface area contributed by atoms with Gasteiger partial charge in [0.05, 0.1) is 6.10 Å². The third kappa shape index (κ3) is 2.29. The molecular formula is C20H34O2. The normalized spacial score (nSPS) is 48.6. The number of fused-ring (bicyclic) bond motifs is 3. The Bertz CT molecular complexity index is 455. The van der Waals surface area contributed by atoms with Gasteiger partial charge in [0.15, 0.2) is 0 Å². The van der Waals surface area contributed by atoms with Gasteiger partial charge in [-0.25, -0.2) is 0 Å². The Balaban J connectivity index is 1.94. The summed E-state index contributed by atoms with van der Waals surface area (Å²) in [7, 11) is 0. The van der Waals surface area contributed by atoms with Crippen molar-refractivity contribution < 1.29 is 10.2 Å². The number of aliphatic hydroxyl groups excluding tert-OH is 2. The van der Waals surface area contributed by atoms with Crippen LogP contribution in [-0.4, -0.2) is 22.9 Å². The molecule has 2 N–H and O–H groups in total. The van der Waals surface area contributed by atoms with Gasteiger partial charge in [-0.15, -0.1) is 0 Å². The van der Waals surface area contributed by atoms with Crippen molar-refractivity contribution in [3.8, 4) is 0 Å². The van der Waals surface area contributed by atoms with Crippen LogP contribution in [0.15, 0.2) is 11.6 Å². The first-order valence-corrected chi connectivity index (χ1v) is 9.32. The van der Waals surface area contributed by atoms with Crippen molar-refractivity contribution in [2.75, 3.05) is 6.61 Å². The molecule has 6 atom stereocenters.